The molecule has 1 saturated carbocycles. The van der Waals surface area contributed by atoms with Crippen LogP contribution in [0.5, 0.6) is 0 Å². The van der Waals surface area contributed by atoms with Gasteiger partial charge < -0.3 is 24.6 Å². The summed E-state index contributed by atoms with van der Waals surface area (Å²) in [6, 6.07) is 3.93. The molecule has 1 aromatic carbocycles. The lowest BCUT2D eigenvalue weighted by Crippen LogP contribution is -2.42. The van der Waals surface area contributed by atoms with E-state index in [0.29, 0.717) is 50.4 Å². The molecule has 2 aromatic rings. The fourth-order valence-electron chi connectivity index (χ4n) is 4.13. The molecule has 8 heteroatoms. The van der Waals surface area contributed by atoms with Gasteiger partial charge in [-0.15, -0.1) is 0 Å². The first-order chi connectivity index (χ1) is 13.6. The number of morpholine rings is 1. The largest absolute Gasteiger partial charge is 0.391 e. The van der Waals surface area contributed by atoms with Crippen LogP contribution in [0, 0.1) is 11.7 Å². The zero-order valence-corrected chi connectivity index (χ0v) is 15.6. The maximum atomic E-state index is 13.9. The molecule has 28 heavy (non-hydrogen) atoms. The number of nitrogens with one attached hydrogen (secondary N) is 1. The number of carbonyl (C=O) groups is 1. The van der Waals surface area contributed by atoms with Crippen LogP contribution in [0.25, 0.3) is 0 Å². The van der Waals surface area contributed by atoms with Gasteiger partial charge in [0, 0.05) is 37.7 Å². The molecular weight excluding hydrogens is 363 g/mol. The number of rotatable bonds is 5. The Balaban J connectivity index is 1.45. The summed E-state index contributed by atoms with van der Waals surface area (Å²) in [6.07, 6.45) is 6.04. The summed E-state index contributed by atoms with van der Waals surface area (Å²) < 4.78 is 21.2. The van der Waals surface area contributed by atoms with Gasteiger partial charge >= 0.3 is 0 Å². The minimum atomic E-state index is -0.613. The number of amides is 1. The number of aliphatic hydroxyl groups excluding tert-OH is 1. The maximum Gasteiger partial charge on any atom is 0.253 e. The summed E-state index contributed by atoms with van der Waals surface area (Å²) in [4.78, 5) is 19.0. The van der Waals surface area contributed by atoms with Crippen LogP contribution in [0.15, 0.2) is 36.9 Å². The highest BCUT2D eigenvalue weighted by Gasteiger charge is 2.34. The highest BCUT2D eigenvalue weighted by atomic mass is 19.1. The lowest BCUT2D eigenvalue weighted by atomic mass is 10.1. The quantitative estimate of drug-likeness (QED) is 0.810. The molecule has 2 fully saturated rings. The molecule has 0 spiro atoms. The monoisotopic (exact) mass is 388 g/mol. The van der Waals surface area contributed by atoms with Crippen molar-refractivity contribution >= 4 is 11.6 Å². The van der Waals surface area contributed by atoms with Crippen molar-refractivity contribution in [3.8, 4) is 0 Å². The van der Waals surface area contributed by atoms with Gasteiger partial charge in [0.05, 0.1) is 37.3 Å². The zero-order valence-electron chi connectivity index (χ0n) is 15.6. The van der Waals surface area contributed by atoms with Crippen molar-refractivity contribution in [1.29, 1.82) is 0 Å². The Hall–Kier alpha value is -2.45. The van der Waals surface area contributed by atoms with E-state index in [0.717, 1.165) is 6.54 Å². The van der Waals surface area contributed by atoms with Gasteiger partial charge in [0.25, 0.3) is 5.91 Å². The van der Waals surface area contributed by atoms with E-state index < -0.39 is 11.9 Å². The summed E-state index contributed by atoms with van der Waals surface area (Å²) in [6.45, 7) is 3.23. The van der Waals surface area contributed by atoms with E-state index in [2.05, 4.69) is 10.3 Å². The van der Waals surface area contributed by atoms with Crippen LogP contribution in [0.4, 0.5) is 10.1 Å². The van der Waals surface area contributed by atoms with Crippen LogP contribution in [0.1, 0.15) is 23.2 Å². The average molecular weight is 388 g/mol. The molecule has 2 heterocycles. The van der Waals surface area contributed by atoms with E-state index >= 15 is 0 Å². The molecule has 0 radical (unpaired) electrons. The second kappa shape index (κ2) is 8.28. The average Bonchev–Trinajstić information content (AvgIpc) is 3.32. The van der Waals surface area contributed by atoms with Crippen molar-refractivity contribution in [1.82, 2.24) is 14.9 Å². The lowest BCUT2D eigenvalue weighted by Gasteiger charge is -2.30. The van der Waals surface area contributed by atoms with E-state index in [4.69, 9.17) is 4.74 Å². The van der Waals surface area contributed by atoms with Crippen LogP contribution >= 0.6 is 0 Å². The first-order valence-corrected chi connectivity index (χ1v) is 9.67. The Labute approximate surface area is 163 Å². The van der Waals surface area contributed by atoms with Crippen molar-refractivity contribution < 1.29 is 19.0 Å². The number of hydrogen-bond donors (Lipinski definition) is 2. The summed E-state index contributed by atoms with van der Waals surface area (Å²) in [5.74, 6) is -0.554. The van der Waals surface area contributed by atoms with Crippen LogP contribution in [0.2, 0.25) is 0 Å². The van der Waals surface area contributed by atoms with Gasteiger partial charge in [-0.2, -0.15) is 0 Å². The number of carbonyl (C=O) groups excluding carboxylic acids is 1. The van der Waals surface area contributed by atoms with Gasteiger partial charge in [-0.3, -0.25) is 4.79 Å². The SMILES string of the molecule is O=C(N[C@@H]1CC(Cn2ccnc2)C[C@H]1O)c1cc(F)ccc1N1CCOCC1. The number of halogens is 1. The molecule has 7 nitrogen and oxygen atoms in total. The third-order valence-electron chi connectivity index (χ3n) is 5.53. The number of anilines is 1. The summed E-state index contributed by atoms with van der Waals surface area (Å²) in [7, 11) is 0. The van der Waals surface area contributed by atoms with E-state index in [1.807, 2.05) is 15.7 Å². The van der Waals surface area contributed by atoms with Crippen LogP contribution in [-0.2, 0) is 11.3 Å². The molecule has 1 saturated heterocycles. The Morgan fingerprint density at radius 2 is 2.14 bits per heavy atom. The molecule has 1 aromatic heterocycles. The normalized spacial score (nSPS) is 25.1. The first kappa shape index (κ1) is 18.9. The van der Waals surface area contributed by atoms with Gasteiger partial charge in [0.15, 0.2) is 0 Å². The van der Waals surface area contributed by atoms with Crippen LogP contribution < -0.4 is 10.2 Å². The van der Waals surface area contributed by atoms with Gasteiger partial charge in [0.1, 0.15) is 5.82 Å². The van der Waals surface area contributed by atoms with E-state index in [1.54, 1.807) is 18.6 Å². The molecule has 2 aliphatic rings. The molecule has 1 unspecified atom stereocenters. The number of hydrogen-bond acceptors (Lipinski definition) is 5. The van der Waals surface area contributed by atoms with Crippen molar-refractivity contribution in [2.24, 2.45) is 5.92 Å². The fraction of sp³-hybridized carbons (Fsp3) is 0.500. The summed E-state index contributed by atoms with van der Waals surface area (Å²) in [5.41, 5.74) is 0.997. The summed E-state index contributed by atoms with van der Waals surface area (Å²) >= 11 is 0. The highest BCUT2D eigenvalue weighted by Crippen LogP contribution is 2.29. The standard InChI is InChI=1S/C20H25FN4O3/c21-15-1-2-18(25-5-7-28-8-6-25)16(11-15)20(27)23-17-9-14(10-19(17)26)12-24-4-3-22-13-24/h1-4,11,13-14,17,19,26H,5-10,12H2,(H,23,27)/t14?,17-,19-/m1/s1. The Morgan fingerprint density at radius 3 is 2.89 bits per heavy atom. The third kappa shape index (κ3) is 4.18. The smallest absolute Gasteiger partial charge is 0.253 e. The number of nitrogens with zero attached hydrogens (tertiary/aromatic N) is 3. The highest BCUT2D eigenvalue weighted by molar-refractivity contribution is 6.00. The Morgan fingerprint density at radius 1 is 1.32 bits per heavy atom. The van der Waals surface area contributed by atoms with Crippen LogP contribution in [0.3, 0.4) is 0 Å². The zero-order chi connectivity index (χ0) is 19.5. The number of aliphatic hydroxyl groups is 1. The fourth-order valence-corrected chi connectivity index (χ4v) is 4.13. The lowest BCUT2D eigenvalue weighted by molar-refractivity contribution is 0.0871. The van der Waals surface area contributed by atoms with Crippen molar-refractivity contribution in [2.75, 3.05) is 31.2 Å². The third-order valence-corrected chi connectivity index (χ3v) is 5.53. The number of imidazole rings is 1. The molecule has 1 amide bonds. The molecular formula is C20H25FN4O3. The molecule has 150 valence electrons. The molecule has 4 rings (SSSR count). The first-order valence-electron chi connectivity index (χ1n) is 9.67. The van der Waals surface area contributed by atoms with Gasteiger partial charge in [-0.05, 0) is 37.0 Å². The predicted molar refractivity (Wildman–Crippen MR) is 102 cm³/mol. The number of aromatic nitrogens is 2. The molecule has 2 N–H and O–H groups in total. The molecule has 1 aliphatic heterocycles. The van der Waals surface area contributed by atoms with Crippen molar-refractivity contribution in [2.45, 2.75) is 31.5 Å². The van der Waals surface area contributed by atoms with Crippen molar-refractivity contribution in [3.63, 3.8) is 0 Å². The number of benzene rings is 1. The van der Waals surface area contributed by atoms with Crippen LogP contribution in [-0.4, -0.2) is 59.0 Å². The minimum Gasteiger partial charge on any atom is -0.391 e. The summed E-state index contributed by atoms with van der Waals surface area (Å²) in [5, 5.41) is 13.3. The maximum absolute atomic E-state index is 13.9. The second-order valence-electron chi connectivity index (χ2n) is 7.51. The number of ether oxygens (including phenoxy) is 1. The van der Waals surface area contributed by atoms with E-state index in [1.165, 1.54) is 12.1 Å². The van der Waals surface area contributed by atoms with Gasteiger partial charge in [-0.25, -0.2) is 9.37 Å². The topological polar surface area (TPSA) is 79.6 Å². The predicted octanol–water partition coefficient (Wildman–Crippen LogP) is 1.43. The molecule has 0 bridgehead atoms. The van der Waals surface area contributed by atoms with E-state index in [-0.39, 0.29) is 17.9 Å². The van der Waals surface area contributed by atoms with Crippen molar-refractivity contribution in [3.05, 3.63) is 48.3 Å². The Kier molecular flexibility index (Phi) is 5.59. The van der Waals surface area contributed by atoms with Gasteiger partial charge in [0.2, 0.25) is 0 Å². The minimum absolute atomic E-state index is 0.251. The molecule has 3 atom stereocenters. The second-order valence-corrected chi connectivity index (χ2v) is 7.51. The van der Waals surface area contributed by atoms with E-state index in [9.17, 15) is 14.3 Å². The Bertz CT molecular complexity index is 808. The van der Waals surface area contributed by atoms with Gasteiger partial charge in [-0.1, -0.05) is 0 Å². The molecule has 1 aliphatic carbocycles.